The highest BCUT2D eigenvalue weighted by Crippen LogP contribution is 1.96. The van der Waals surface area contributed by atoms with E-state index < -0.39 is 0 Å². The van der Waals surface area contributed by atoms with E-state index in [-0.39, 0.29) is 18.0 Å². The van der Waals surface area contributed by atoms with E-state index >= 15 is 0 Å². The number of aromatic amines is 2. The van der Waals surface area contributed by atoms with E-state index in [9.17, 15) is 9.59 Å². The summed E-state index contributed by atoms with van der Waals surface area (Å²) in [6.45, 7) is 5.26. The molecule has 0 aliphatic carbocycles. The highest BCUT2D eigenvalue weighted by Gasteiger charge is 2.10. The van der Waals surface area contributed by atoms with Crippen LogP contribution in [0.1, 0.15) is 19.5 Å². The number of H-pyrrole nitrogens is 2. The first-order chi connectivity index (χ1) is 6.67. The molecule has 0 aliphatic rings. The van der Waals surface area contributed by atoms with Gasteiger partial charge in [-0.2, -0.15) is 0 Å². The molecule has 0 aromatic carbocycles. The summed E-state index contributed by atoms with van der Waals surface area (Å²) in [7, 11) is 0. The predicted molar refractivity (Wildman–Crippen MR) is 53.0 cm³/mol. The molecular weight excluding hydrogens is 182 g/mol. The lowest BCUT2D eigenvalue weighted by Crippen LogP contribution is -2.31. The van der Waals surface area contributed by atoms with Gasteiger partial charge in [-0.25, -0.2) is 4.79 Å². The fourth-order valence-electron chi connectivity index (χ4n) is 1.32. The Bertz CT molecular complexity index is 349. The molecule has 0 saturated carbocycles. The molecule has 0 saturated heterocycles. The van der Waals surface area contributed by atoms with Crippen molar-refractivity contribution in [1.82, 2.24) is 14.9 Å². The van der Waals surface area contributed by atoms with Crippen molar-refractivity contribution in [2.45, 2.75) is 20.3 Å². The molecule has 2 N–H and O–H groups in total. The number of nitrogens with zero attached hydrogens (tertiary/aromatic N) is 1. The zero-order valence-electron chi connectivity index (χ0n) is 8.46. The molecule has 0 spiro atoms. The largest absolute Gasteiger partial charge is 0.343 e. The van der Waals surface area contributed by atoms with E-state index in [2.05, 4.69) is 9.97 Å². The third-order valence-electron chi connectivity index (χ3n) is 2.11. The number of hydrogen-bond donors (Lipinski definition) is 2. The van der Waals surface area contributed by atoms with Crippen molar-refractivity contribution in [2.75, 3.05) is 13.1 Å². The van der Waals surface area contributed by atoms with E-state index in [0.29, 0.717) is 18.8 Å². The number of imidazole rings is 1. The van der Waals surface area contributed by atoms with Crippen molar-refractivity contribution in [3.63, 3.8) is 0 Å². The second kappa shape index (κ2) is 4.64. The number of rotatable bonds is 4. The van der Waals surface area contributed by atoms with Crippen LogP contribution in [0.5, 0.6) is 0 Å². The maximum Gasteiger partial charge on any atom is 0.323 e. The number of carbonyl (C=O) groups is 1. The first-order valence-corrected chi connectivity index (χ1v) is 4.71. The Balaban J connectivity index is 2.60. The summed E-state index contributed by atoms with van der Waals surface area (Å²) >= 11 is 0. The Kier molecular flexibility index (Phi) is 3.50. The Morgan fingerprint density at radius 2 is 2.07 bits per heavy atom. The van der Waals surface area contributed by atoms with Gasteiger partial charge >= 0.3 is 5.69 Å². The van der Waals surface area contributed by atoms with E-state index in [1.165, 1.54) is 6.20 Å². The first-order valence-electron chi connectivity index (χ1n) is 4.71. The predicted octanol–water partition coefficient (Wildman–Crippen LogP) is 0.114. The van der Waals surface area contributed by atoms with Gasteiger partial charge in [0.1, 0.15) is 0 Å². The van der Waals surface area contributed by atoms with Gasteiger partial charge in [-0.3, -0.25) is 4.79 Å². The molecule has 1 amide bonds. The smallest absolute Gasteiger partial charge is 0.323 e. The molecule has 1 aromatic rings. The Labute approximate surface area is 82.1 Å². The van der Waals surface area contributed by atoms with Crippen molar-refractivity contribution < 1.29 is 4.79 Å². The lowest BCUT2D eigenvalue weighted by molar-refractivity contribution is -0.130. The van der Waals surface area contributed by atoms with E-state index in [4.69, 9.17) is 0 Å². The molecule has 1 heterocycles. The highest BCUT2D eigenvalue weighted by molar-refractivity contribution is 5.78. The van der Waals surface area contributed by atoms with Gasteiger partial charge in [-0.1, -0.05) is 0 Å². The normalized spacial score (nSPS) is 10.1. The molecular formula is C9H15N3O2. The van der Waals surface area contributed by atoms with Crippen LogP contribution in [0, 0.1) is 0 Å². The SMILES string of the molecule is CCN(CC)C(=O)Cc1c[nH]c(=O)[nH]1. The molecule has 0 unspecified atom stereocenters. The fourth-order valence-corrected chi connectivity index (χ4v) is 1.32. The van der Waals surface area contributed by atoms with E-state index in [1.54, 1.807) is 4.90 Å². The number of amides is 1. The lowest BCUT2D eigenvalue weighted by Gasteiger charge is -2.17. The topological polar surface area (TPSA) is 69.0 Å². The molecule has 78 valence electrons. The summed E-state index contributed by atoms with van der Waals surface area (Å²) in [5.41, 5.74) is 0.360. The summed E-state index contributed by atoms with van der Waals surface area (Å²) in [4.78, 5) is 29.1. The number of nitrogens with one attached hydrogen (secondary N) is 2. The van der Waals surface area contributed by atoms with Crippen LogP contribution in [-0.4, -0.2) is 33.9 Å². The molecule has 0 atom stereocenters. The summed E-state index contributed by atoms with van der Waals surface area (Å²) in [5, 5.41) is 0. The molecule has 5 nitrogen and oxygen atoms in total. The second-order valence-electron chi connectivity index (χ2n) is 3.01. The van der Waals surface area contributed by atoms with Gasteiger partial charge in [0.25, 0.3) is 0 Å². The average molecular weight is 197 g/mol. The van der Waals surface area contributed by atoms with Crippen LogP contribution in [0.25, 0.3) is 0 Å². The monoisotopic (exact) mass is 197 g/mol. The maximum atomic E-state index is 11.6. The lowest BCUT2D eigenvalue weighted by atomic mass is 10.3. The van der Waals surface area contributed by atoms with E-state index in [0.717, 1.165) is 0 Å². The second-order valence-corrected chi connectivity index (χ2v) is 3.01. The van der Waals surface area contributed by atoms with Crippen molar-refractivity contribution in [3.05, 3.63) is 22.4 Å². The molecule has 0 radical (unpaired) electrons. The van der Waals surface area contributed by atoms with Crippen LogP contribution in [0.4, 0.5) is 0 Å². The molecule has 1 rings (SSSR count). The minimum atomic E-state index is -0.271. The summed E-state index contributed by atoms with van der Waals surface area (Å²) in [6.07, 6.45) is 1.78. The average Bonchev–Trinajstić information content (AvgIpc) is 2.53. The van der Waals surface area contributed by atoms with Crippen molar-refractivity contribution in [1.29, 1.82) is 0 Å². The third-order valence-corrected chi connectivity index (χ3v) is 2.11. The molecule has 0 aliphatic heterocycles. The van der Waals surface area contributed by atoms with Gasteiger partial charge in [0, 0.05) is 25.0 Å². The molecule has 0 bridgehead atoms. The minimum absolute atomic E-state index is 0.0326. The first kappa shape index (κ1) is 10.6. The van der Waals surface area contributed by atoms with Crippen molar-refractivity contribution >= 4 is 5.91 Å². The number of likely N-dealkylation sites (N-methyl/N-ethyl adjacent to an activating group) is 1. The van der Waals surface area contributed by atoms with Gasteiger partial charge in [0.05, 0.1) is 6.42 Å². The standard InChI is InChI=1S/C9H15N3O2/c1-3-12(4-2)8(13)5-7-6-10-9(14)11-7/h6H,3-5H2,1-2H3,(H2,10,11,14). The van der Waals surface area contributed by atoms with Crippen molar-refractivity contribution in [2.24, 2.45) is 0 Å². The summed E-state index contributed by atoms with van der Waals surface area (Å²) < 4.78 is 0. The van der Waals surface area contributed by atoms with Gasteiger partial charge in [-0.15, -0.1) is 0 Å². The van der Waals surface area contributed by atoms with Gasteiger partial charge in [-0.05, 0) is 13.8 Å². The minimum Gasteiger partial charge on any atom is -0.343 e. The fraction of sp³-hybridized carbons (Fsp3) is 0.556. The van der Waals surface area contributed by atoms with Crippen LogP contribution in [0.2, 0.25) is 0 Å². The molecule has 1 aromatic heterocycles. The van der Waals surface area contributed by atoms with E-state index in [1.807, 2.05) is 13.8 Å². The summed E-state index contributed by atoms with van der Waals surface area (Å²) in [6, 6.07) is 0. The Morgan fingerprint density at radius 3 is 2.50 bits per heavy atom. The molecule has 14 heavy (non-hydrogen) atoms. The van der Waals surface area contributed by atoms with Crippen LogP contribution in [-0.2, 0) is 11.2 Å². The van der Waals surface area contributed by atoms with Gasteiger partial charge in [0.15, 0.2) is 0 Å². The Morgan fingerprint density at radius 1 is 1.43 bits per heavy atom. The maximum absolute atomic E-state index is 11.6. The van der Waals surface area contributed by atoms with Gasteiger partial charge in [0.2, 0.25) is 5.91 Å². The number of carbonyl (C=O) groups excluding carboxylic acids is 1. The zero-order chi connectivity index (χ0) is 10.6. The van der Waals surface area contributed by atoms with Crippen LogP contribution < -0.4 is 5.69 Å². The molecule has 0 fully saturated rings. The van der Waals surface area contributed by atoms with Crippen molar-refractivity contribution in [3.8, 4) is 0 Å². The summed E-state index contributed by atoms with van der Waals surface area (Å²) in [5.74, 6) is 0.0326. The van der Waals surface area contributed by atoms with Crippen LogP contribution in [0.3, 0.4) is 0 Å². The van der Waals surface area contributed by atoms with Crippen LogP contribution in [0.15, 0.2) is 11.0 Å². The highest BCUT2D eigenvalue weighted by atomic mass is 16.2. The number of hydrogen-bond acceptors (Lipinski definition) is 2. The third kappa shape index (κ3) is 2.48. The molecule has 5 heteroatoms. The van der Waals surface area contributed by atoms with Gasteiger partial charge < -0.3 is 14.9 Å². The quantitative estimate of drug-likeness (QED) is 0.719. The zero-order valence-corrected chi connectivity index (χ0v) is 8.46. The number of aromatic nitrogens is 2. The van der Waals surface area contributed by atoms with Crippen LogP contribution >= 0.6 is 0 Å². The Hall–Kier alpha value is -1.52.